The summed E-state index contributed by atoms with van der Waals surface area (Å²) in [5.74, 6) is -0.0930. The number of nitrogens with zero attached hydrogens (tertiary/aromatic N) is 1. The van der Waals surface area contributed by atoms with Crippen molar-refractivity contribution in [3.05, 3.63) is 28.2 Å². The van der Waals surface area contributed by atoms with E-state index in [2.05, 4.69) is 21.2 Å². The molecule has 1 aromatic carbocycles. The molecule has 7 heteroatoms. The minimum absolute atomic E-state index is 0.0316. The summed E-state index contributed by atoms with van der Waals surface area (Å²) in [5.41, 5.74) is 0.272. The van der Waals surface area contributed by atoms with Crippen LogP contribution in [0.5, 0.6) is 0 Å². The summed E-state index contributed by atoms with van der Waals surface area (Å²) in [5, 5.41) is 2.89. The van der Waals surface area contributed by atoms with E-state index >= 15 is 0 Å². The Labute approximate surface area is 180 Å². The number of Topliss-reactive ketones (excluding diaryl/α,β-unsaturated/α-hetero) is 1. The maximum absolute atomic E-state index is 13.2. The third kappa shape index (κ3) is 5.00. The molecule has 0 radical (unpaired) electrons. The first-order chi connectivity index (χ1) is 13.6. The summed E-state index contributed by atoms with van der Waals surface area (Å²) in [7, 11) is 0. The maximum atomic E-state index is 13.2. The topological polar surface area (TPSA) is 75.7 Å². The average molecular weight is 465 g/mol. The van der Waals surface area contributed by atoms with Gasteiger partial charge in [-0.1, -0.05) is 28.8 Å². The van der Waals surface area contributed by atoms with Gasteiger partial charge in [-0.2, -0.15) is 0 Å². The van der Waals surface area contributed by atoms with Gasteiger partial charge >= 0.3 is 6.09 Å². The van der Waals surface area contributed by atoms with Gasteiger partial charge in [-0.25, -0.2) is 4.79 Å². The number of hydrogen-bond acceptors (Lipinski definition) is 4. The van der Waals surface area contributed by atoms with Crippen LogP contribution >= 0.6 is 15.9 Å². The number of anilines is 1. The summed E-state index contributed by atoms with van der Waals surface area (Å²) in [6, 6.07) is 4.60. The van der Waals surface area contributed by atoms with Gasteiger partial charge in [0.05, 0.1) is 5.69 Å². The number of amides is 2. The van der Waals surface area contributed by atoms with Crippen molar-refractivity contribution in [1.29, 1.82) is 0 Å². The maximum Gasteiger partial charge on any atom is 0.411 e. The van der Waals surface area contributed by atoms with Crippen LogP contribution in [-0.4, -0.2) is 40.4 Å². The van der Waals surface area contributed by atoms with E-state index in [1.807, 2.05) is 20.8 Å². The van der Waals surface area contributed by atoms with Gasteiger partial charge in [0.1, 0.15) is 11.6 Å². The smallest absolute Gasteiger partial charge is 0.411 e. The van der Waals surface area contributed by atoms with Crippen LogP contribution in [0.15, 0.2) is 22.7 Å². The highest BCUT2D eigenvalue weighted by molar-refractivity contribution is 9.10. The monoisotopic (exact) mass is 464 g/mol. The molecule has 1 saturated carbocycles. The molecule has 2 fully saturated rings. The average Bonchev–Trinajstić information content (AvgIpc) is 3.00. The van der Waals surface area contributed by atoms with Crippen LogP contribution in [-0.2, 0) is 9.53 Å². The summed E-state index contributed by atoms with van der Waals surface area (Å²) >= 11 is 3.39. The van der Waals surface area contributed by atoms with Gasteiger partial charge in [0.2, 0.25) is 5.91 Å². The molecule has 1 aliphatic carbocycles. The molecule has 0 bridgehead atoms. The van der Waals surface area contributed by atoms with E-state index in [-0.39, 0.29) is 17.7 Å². The molecule has 158 valence electrons. The van der Waals surface area contributed by atoms with Crippen LogP contribution in [0.25, 0.3) is 0 Å². The second-order valence-corrected chi connectivity index (χ2v) is 9.90. The number of rotatable bonds is 3. The summed E-state index contributed by atoms with van der Waals surface area (Å²) in [4.78, 5) is 39.8. The lowest BCUT2D eigenvalue weighted by Crippen LogP contribution is -2.49. The van der Waals surface area contributed by atoms with Crippen molar-refractivity contribution in [3.63, 3.8) is 0 Å². The third-order valence-electron chi connectivity index (χ3n) is 5.61. The molecular formula is C22H29BrN2O4. The molecule has 1 heterocycles. The Balaban J connectivity index is 1.87. The van der Waals surface area contributed by atoms with E-state index in [0.29, 0.717) is 23.6 Å². The van der Waals surface area contributed by atoms with Gasteiger partial charge in [0.25, 0.3) is 0 Å². The molecule has 1 saturated heterocycles. The highest BCUT2D eigenvalue weighted by atomic mass is 79.9. The molecule has 2 amide bonds. The van der Waals surface area contributed by atoms with Crippen LogP contribution in [0, 0.1) is 5.92 Å². The first-order valence-electron chi connectivity index (χ1n) is 10.2. The summed E-state index contributed by atoms with van der Waals surface area (Å²) in [6.45, 7) is 6.95. The van der Waals surface area contributed by atoms with Crippen LogP contribution < -0.4 is 5.32 Å². The molecule has 2 aliphatic rings. The Bertz CT molecular complexity index is 818. The largest absolute Gasteiger partial charge is 0.444 e. The zero-order chi connectivity index (χ0) is 21.3. The van der Waals surface area contributed by atoms with Gasteiger partial charge in [0, 0.05) is 16.1 Å². The predicted molar refractivity (Wildman–Crippen MR) is 115 cm³/mol. The van der Waals surface area contributed by atoms with E-state index in [4.69, 9.17) is 4.74 Å². The number of nitrogens with one attached hydrogen (secondary N) is 1. The molecule has 0 unspecified atom stereocenters. The predicted octanol–water partition coefficient (Wildman–Crippen LogP) is 5.16. The zero-order valence-corrected chi connectivity index (χ0v) is 19.0. The second kappa shape index (κ2) is 8.46. The van der Waals surface area contributed by atoms with Crippen molar-refractivity contribution < 1.29 is 19.1 Å². The van der Waals surface area contributed by atoms with Gasteiger partial charge < -0.3 is 10.1 Å². The zero-order valence-electron chi connectivity index (χ0n) is 17.5. The normalized spacial score (nSPS) is 24.0. The van der Waals surface area contributed by atoms with Crippen molar-refractivity contribution in [1.82, 2.24) is 4.90 Å². The molecule has 0 aromatic heterocycles. The minimum Gasteiger partial charge on any atom is -0.444 e. The lowest BCUT2D eigenvalue weighted by Gasteiger charge is -2.34. The Morgan fingerprint density at radius 2 is 1.86 bits per heavy atom. The standard InChI is InChI=1S/C22H29BrN2O4/c1-13(26)16-10-9-15(23)12-17(16)24-20(27)19-11-14-7-5-6-8-18(14)25(19)21(28)29-22(2,3)4/h9-10,12,14,18-19H,5-8,11H2,1-4H3,(H,24,27)/t14-,18-,19-/m0/s1. The number of carbonyl (C=O) groups excluding carboxylic acids is 3. The molecule has 0 spiro atoms. The second-order valence-electron chi connectivity index (χ2n) is 8.99. The third-order valence-corrected chi connectivity index (χ3v) is 6.11. The van der Waals surface area contributed by atoms with E-state index in [1.165, 1.54) is 6.92 Å². The SMILES string of the molecule is CC(=O)c1ccc(Br)cc1NC(=O)[C@@H]1C[C@@H]2CCCC[C@@H]2N1C(=O)OC(C)(C)C. The number of halogens is 1. The van der Waals surface area contributed by atoms with Crippen molar-refractivity contribution in [2.75, 3.05) is 5.32 Å². The van der Waals surface area contributed by atoms with Crippen LogP contribution in [0.2, 0.25) is 0 Å². The molecule has 6 nitrogen and oxygen atoms in total. The first kappa shape index (κ1) is 21.8. The number of hydrogen-bond donors (Lipinski definition) is 1. The number of ketones is 1. The van der Waals surface area contributed by atoms with Crippen molar-refractivity contribution >= 4 is 39.4 Å². The summed E-state index contributed by atoms with van der Waals surface area (Å²) < 4.78 is 6.39. The number of ether oxygens (including phenoxy) is 1. The molecule has 3 atom stereocenters. The number of carbonyl (C=O) groups is 3. The quantitative estimate of drug-likeness (QED) is 0.626. The van der Waals surface area contributed by atoms with Crippen LogP contribution in [0.4, 0.5) is 10.5 Å². The van der Waals surface area contributed by atoms with Crippen LogP contribution in [0.3, 0.4) is 0 Å². The molecule has 1 aliphatic heterocycles. The highest BCUT2D eigenvalue weighted by Gasteiger charge is 2.48. The number of fused-ring (bicyclic) bond motifs is 1. The highest BCUT2D eigenvalue weighted by Crippen LogP contribution is 2.41. The van der Waals surface area contributed by atoms with Gasteiger partial charge in [0.15, 0.2) is 5.78 Å². The molecule has 3 rings (SSSR count). The fourth-order valence-electron chi connectivity index (χ4n) is 4.41. The molecule has 29 heavy (non-hydrogen) atoms. The van der Waals surface area contributed by atoms with Gasteiger partial charge in [-0.3, -0.25) is 14.5 Å². The first-order valence-corrected chi connectivity index (χ1v) is 11.0. The van der Waals surface area contributed by atoms with Crippen molar-refractivity contribution in [2.24, 2.45) is 5.92 Å². The Morgan fingerprint density at radius 3 is 2.52 bits per heavy atom. The lowest BCUT2D eigenvalue weighted by atomic mass is 9.85. The van der Waals surface area contributed by atoms with Crippen molar-refractivity contribution in [3.8, 4) is 0 Å². The van der Waals surface area contributed by atoms with E-state index in [1.54, 1.807) is 23.1 Å². The number of benzene rings is 1. The lowest BCUT2D eigenvalue weighted by molar-refractivity contribution is -0.120. The fourth-order valence-corrected chi connectivity index (χ4v) is 4.78. The molecule has 1 aromatic rings. The molecule has 1 N–H and O–H groups in total. The Hall–Kier alpha value is -1.89. The molecular weight excluding hydrogens is 436 g/mol. The Kier molecular flexibility index (Phi) is 6.36. The summed E-state index contributed by atoms with van der Waals surface area (Å²) in [6.07, 6.45) is 4.27. The van der Waals surface area contributed by atoms with E-state index in [0.717, 1.165) is 30.2 Å². The van der Waals surface area contributed by atoms with Gasteiger partial charge in [-0.05, 0) is 71.1 Å². The van der Waals surface area contributed by atoms with E-state index < -0.39 is 17.7 Å². The van der Waals surface area contributed by atoms with E-state index in [9.17, 15) is 14.4 Å². The fraction of sp³-hybridized carbons (Fsp3) is 0.591. The minimum atomic E-state index is -0.628. The van der Waals surface area contributed by atoms with Crippen molar-refractivity contribution in [2.45, 2.75) is 77.5 Å². The van der Waals surface area contributed by atoms with Gasteiger partial charge in [-0.15, -0.1) is 0 Å². The Morgan fingerprint density at radius 1 is 1.17 bits per heavy atom. The van der Waals surface area contributed by atoms with Crippen LogP contribution in [0.1, 0.15) is 70.2 Å². The number of likely N-dealkylation sites (tertiary alicyclic amines) is 1.